The van der Waals surface area contributed by atoms with Crippen molar-refractivity contribution in [1.82, 2.24) is 9.21 Å². The lowest BCUT2D eigenvalue weighted by molar-refractivity contribution is -0.387. The summed E-state index contributed by atoms with van der Waals surface area (Å²) in [5.41, 5.74) is 1.10. The predicted molar refractivity (Wildman–Crippen MR) is 226 cm³/mol. The molecule has 1 amide bonds. The number of nitro benzene ring substituents is 1. The number of ether oxygens (including phenoxy) is 2. The van der Waals surface area contributed by atoms with E-state index in [-0.39, 0.29) is 19.8 Å². The van der Waals surface area contributed by atoms with Gasteiger partial charge in [-0.05, 0) is 66.8 Å². The summed E-state index contributed by atoms with van der Waals surface area (Å²) in [6.07, 6.45) is -1.18. The fraction of sp³-hybridized carbons (Fsp3) is 0.267. The summed E-state index contributed by atoms with van der Waals surface area (Å²) in [6.45, 7) is 8.36. The van der Waals surface area contributed by atoms with E-state index in [9.17, 15) is 28.4 Å². The van der Waals surface area contributed by atoms with Gasteiger partial charge in [-0.3, -0.25) is 15.0 Å². The Morgan fingerprint density at radius 2 is 1.33 bits per heavy atom. The van der Waals surface area contributed by atoms with E-state index >= 15 is 0 Å². The van der Waals surface area contributed by atoms with Crippen molar-refractivity contribution in [3.8, 4) is 0 Å². The lowest BCUT2D eigenvalue weighted by Gasteiger charge is -2.57. The quantitative estimate of drug-likeness (QED) is 0.0474. The third kappa shape index (κ3) is 8.93. The first-order valence-corrected chi connectivity index (χ1v) is 21.0. The van der Waals surface area contributed by atoms with Crippen LogP contribution >= 0.6 is 15.9 Å². The highest BCUT2D eigenvalue weighted by Crippen LogP contribution is 2.46. The molecule has 5 aromatic rings. The summed E-state index contributed by atoms with van der Waals surface area (Å²) in [5.74, 6) is -0.453. The minimum Gasteiger partial charge on any atom is -0.443 e. The van der Waals surface area contributed by atoms with E-state index in [4.69, 9.17) is 9.47 Å². The summed E-state index contributed by atoms with van der Waals surface area (Å²) < 4.78 is 43.5. The van der Waals surface area contributed by atoms with E-state index in [2.05, 4.69) is 22.5 Å². The minimum atomic E-state index is -4.87. The maximum Gasteiger partial charge on any atom is 0.424 e. The summed E-state index contributed by atoms with van der Waals surface area (Å²) in [7, 11) is -4.87. The molecule has 1 aliphatic heterocycles. The van der Waals surface area contributed by atoms with E-state index in [1.807, 2.05) is 120 Å². The van der Waals surface area contributed by atoms with Gasteiger partial charge in [0.25, 0.3) is 15.7 Å². The number of nitro groups is 1. The van der Waals surface area contributed by atoms with Crippen LogP contribution < -0.4 is 0 Å². The molecule has 6 rings (SSSR count). The molecule has 58 heavy (non-hydrogen) atoms. The van der Waals surface area contributed by atoms with Gasteiger partial charge in [0.15, 0.2) is 4.90 Å². The number of amides is 1. The largest absolute Gasteiger partial charge is 0.443 e. The molecule has 5 aromatic carbocycles. The number of benzene rings is 5. The Morgan fingerprint density at radius 1 is 0.828 bits per heavy atom. The van der Waals surface area contributed by atoms with Crippen LogP contribution in [-0.4, -0.2) is 77.7 Å². The molecule has 13 heteroatoms. The number of hydrogen-bond donors (Lipinski definition) is 1. The van der Waals surface area contributed by atoms with Gasteiger partial charge in [0.05, 0.1) is 24.7 Å². The topological polar surface area (TPSA) is 140 Å². The zero-order chi connectivity index (χ0) is 41.7. The molecule has 0 unspecified atom stereocenters. The lowest BCUT2D eigenvalue weighted by atomic mass is 9.74. The maximum atomic E-state index is 14.6. The fourth-order valence-electron chi connectivity index (χ4n) is 7.58. The molecule has 1 fully saturated rings. The average Bonchev–Trinajstić information content (AvgIpc) is 3.21. The van der Waals surface area contributed by atoms with Crippen LogP contribution in [0.4, 0.5) is 10.5 Å². The third-order valence-electron chi connectivity index (χ3n) is 10.2. The second-order valence-electron chi connectivity index (χ2n) is 15.1. The van der Waals surface area contributed by atoms with Gasteiger partial charge >= 0.3 is 6.09 Å². The van der Waals surface area contributed by atoms with Gasteiger partial charge in [-0.15, -0.1) is 0 Å². The van der Waals surface area contributed by atoms with Gasteiger partial charge in [0, 0.05) is 35.1 Å². The number of likely N-dealkylation sites (tertiary alicyclic amines) is 1. The fourth-order valence-corrected chi connectivity index (χ4v) is 9.32. The average molecular weight is 869 g/mol. The van der Waals surface area contributed by atoms with E-state index in [1.165, 1.54) is 12.1 Å². The molecular formula is C45H46BrN3O8S. The Hall–Kier alpha value is -5.18. The van der Waals surface area contributed by atoms with Gasteiger partial charge < -0.3 is 14.6 Å². The van der Waals surface area contributed by atoms with Crippen molar-refractivity contribution in [1.29, 1.82) is 0 Å². The molecule has 302 valence electrons. The van der Waals surface area contributed by atoms with Crippen LogP contribution in [0.15, 0.2) is 161 Å². The first kappa shape index (κ1) is 42.4. The maximum absolute atomic E-state index is 14.6. The highest BCUT2D eigenvalue weighted by atomic mass is 79.9. The van der Waals surface area contributed by atoms with Crippen LogP contribution in [0.25, 0.3) is 0 Å². The van der Waals surface area contributed by atoms with Crippen molar-refractivity contribution >= 4 is 37.7 Å². The zero-order valence-corrected chi connectivity index (χ0v) is 34.9. The molecule has 0 spiro atoms. The first-order chi connectivity index (χ1) is 27.7. The molecule has 1 aliphatic rings. The van der Waals surface area contributed by atoms with E-state index in [0.29, 0.717) is 9.88 Å². The first-order valence-electron chi connectivity index (χ1n) is 18.8. The highest BCUT2D eigenvalue weighted by Gasteiger charge is 2.53. The van der Waals surface area contributed by atoms with Gasteiger partial charge in [0.1, 0.15) is 11.2 Å². The summed E-state index contributed by atoms with van der Waals surface area (Å²) in [4.78, 5) is 26.7. The highest BCUT2D eigenvalue weighted by molar-refractivity contribution is 9.10. The number of halogens is 1. The van der Waals surface area contributed by atoms with Crippen LogP contribution in [0.3, 0.4) is 0 Å². The molecule has 1 N–H and O–H groups in total. The second-order valence-corrected chi connectivity index (χ2v) is 17.9. The Labute approximate surface area is 347 Å². The van der Waals surface area contributed by atoms with E-state index in [0.717, 1.165) is 38.9 Å². The molecular weight excluding hydrogens is 822 g/mol. The Morgan fingerprint density at radius 3 is 1.81 bits per heavy atom. The number of para-hydroxylation sites is 1. The Kier molecular flexibility index (Phi) is 13.0. The number of nitrogens with zero attached hydrogens (tertiary/aromatic N) is 3. The number of sulfonamides is 1. The molecule has 1 heterocycles. The molecule has 1 saturated heterocycles. The standard InChI is InChI=1S/C45H46BrN3O8S/c1-32(30-50)28-47-39(29-48(43(51)57-44(2,3)4)58(54,55)41-23-15-14-22-38(41)49(52)53)42(33-24-26-37(46)27-25-33)40(47)31-56-45(34-16-8-5-9-17-34,35-18-10-6-11-19-35)36-20-12-7-13-21-36/h5-27,39-40,42,50H,1,28-31H2,2-4H3/t39-,40+,42+/m0/s1. The molecule has 0 aliphatic carbocycles. The minimum absolute atomic E-state index is 0.109. The number of carbonyl (C=O) groups excluding carboxylic acids is 1. The van der Waals surface area contributed by atoms with Crippen molar-refractivity contribution in [2.75, 3.05) is 26.3 Å². The molecule has 11 nitrogen and oxygen atoms in total. The number of aliphatic hydroxyl groups excluding tert-OH is 1. The number of hydrogen-bond acceptors (Lipinski definition) is 9. The van der Waals surface area contributed by atoms with Crippen LogP contribution in [0, 0.1) is 10.1 Å². The van der Waals surface area contributed by atoms with Crippen molar-refractivity contribution in [2.45, 2.75) is 54.9 Å². The Balaban J connectivity index is 1.49. The van der Waals surface area contributed by atoms with Crippen LogP contribution in [0.5, 0.6) is 0 Å². The van der Waals surface area contributed by atoms with E-state index in [1.54, 1.807) is 20.8 Å². The number of carbonyl (C=O) groups is 1. The van der Waals surface area contributed by atoms with Gasteiger partial charge in [0.2, 0.25) is 0 Å². The molecule has 0 aromatic heterocycles. The number of aliphatic hydroxyl groups is 1. The summed E-state index contributed by atoms with van der Waals surface area (Å²) in [6, 6.07) is 41.1. The lowest BCUT2D eigenvalue weighted by Crippen LogP contribution is -2.68. The predicted octanol–water partition coefficient (Wildman–Crippen LogP) is 8.68. The van der Waals surface area contributed by atoms with Crippen LogP contribution in [0.2, 0.25) is 0 Å². The SMILES string of the molecule is C=C(CO)CN1[C@H](COC(c2ccccc2)(c2ccccc2)c2ccccc2)[C@H](c2ccc(Br)cc2)[C@@H]1CN(C(=O)OC(C)(C)C)S(=O)(=O)c1ccccc1[N+](=O)[O-]. The van der Waals surface area contributed by atoms with Crippen molar-refractivity contribution < 1.29 is 32.7 Å². The zero-order valence-electron chi connectivity index (χ0n) is 32.5. The third-order valence-corrected chi connectivity index (χ3v) is 12.5. The Bertz CT molecular complexity index is 2230. The van der Waals surface area contributed by atoms with Gasteiger partial charge in [-0.1, -0.05) is 138 Å². The van der Waals surface area contributed by atoms with Gasteiger partial charge in [-0.2, -0.15) is 4.31 Å². The van der Waals surface area contributed by atoms with Crippen molar-refractivity contribution in [3.63, 3.8) is 0 Å². The molecule has 0 bridgehead atoms. The van der Waals surface area contributed by atoms with Crippen LogP contribution in [-0.2, 0) is 25.1 Å². The molecule has 0 radical (unpaired) electrons. The summed E-state index contributed by atoms with van der Waals surface area (Å²) in [5, 5.41) is 22.3. The molecule has 3 atom stereocenters. The smallest absolute Gasteiger partial charge is 0.424 e. The molecule has 0 saturated carbocycles. The van der Waals surface area contributed by atoms with E-state index < -0.39 is 67.4 Å². The van der Waals surface area contributed by atoms with Crippen LogP contribution in [0.1, 0.15) is 48.9 Å². The normalized spacial score (nSPS) is 17.2. The van der Waals surface area contributed by atoms with Gasteiger partial charge in [-0.25, -0.2) is 13.2 Å². The second kappa shape index (κ2) is 17.8. The monoisotopic (exact) mass is 867 g/mol. The number of rotatable bonds is 15. The van der Waals surface area contributed by atoms with Crippen molar-refractivity contribution in [3.05, 3.63) is 189 Å². The van der Waals surface area contributed by atoms with Crippen molar-refractivity contribution in [2.24, 2.45) is 0 Å². The summed E-state index contributed by atoms with van der Waals surface area (Å²) >= 11 is 3.53.